The maximum Gasteiger partial charge on any atom is 0.411 e. The second-order valence-electron chi connectivity index (χ2n) is 8.82. The summed E-state index contributed by atoms with van der Waals surface area (Å²) >= 11 is 5.74. The van der Waals surface area contributed by atoms with Gasteiger partial charge in [-0.3, -0.25) is 10.1 Å². The number of carbonyl (C=O) groups excluding carboxylic acids is 1. The van der Waals surface area contributed by atoms with Crippen LogP contribution in [0.1, 0.15) is 111 Å². The van der Waals surface area contributed by atoms with Gasteiger partial charge >= 0.3 is 12.1 Å². The normalized spacial score (nSPS) is 10.7. The zero-order valence-electron chi connectivity index (χ0n) is 21.5. The number of hydrogen-bond acceptors (Lipinski definition) is 3. The Bertz CT molecular complexity index is 676. The number of rotatable bonds is 17. The van der Waals surface area contributed by atoms with Gasteiger partial charge in [-0.05, 0) is 64.2 Å². The summed E-state index contributed by atoms with van der Waals surface area (Å²) in [4.78, 5) is 21.5. The summed E-state index contributed by atoms with van der Waals surface area (Å²) in [7, 11) is 0. The molecule has 5 nitrogen and oxygen atoms in total. The molecule has 0 aliphatic carbocycles. The number of unbranched alkanes of at least 4 members (excludes halogenated alkanes) is 11. The summed E-state index contributed by atoms with van der Waals surface area (Å²) < 4.78 is 4.90. The first-order valence-corrected chi connectivity index (χ1v) is 13.3. The highest BCUT2D eigenvalue weighted by Crippen LogP contribution is 2.15. The van der Waals surface area contributed by atoms with Crippen molar-refractivity contribution in [2.24, 2.45) is 0 Å². The number of benzene rings is 1. The average molecular weight is 496 g/mol. The van der Waals surface area contributed by atoms with E-state index in [0.29, 0.717) is 17.1 Å². The summed E-state index contributed by atoms with van der Waals surface area (Å²) in [5.41, 5.74) is 0.628. The molecule has 0 fully saturated rings. The van der Waals surface area contributed by atoms with E-state index in [-0.39, 0.29) is 6.10 Å². The highest BCUT2D eigenvalue weighted by molar-refractivity contribution is 6.30. The number of allylic oxidation sites excluding steroid dienone is 2. The van der Waals surface area contributed by atoms with E-state index in [2.05, 4.69) is 24.4 Å². The summed E-state index contributed by atoms with van der Waals surface area (Å²) in [6.45, 7) is 5.84. The molecule has 0 atom stereocenters. The van der Waals surface area contributed by atoms with Crippen LogP contribution in [0, 0.1) is 0 Å². The lowest BCUT2D eigenvalue weighted by Crippen LogP contribution is -2.17. The SMILES string of the molecule is CC(C)OC(=O)Nc1cccc(Cl)c1.CCCCCCCC/C=C\CCCCCCCC(=O)O. The maximum atomic E-state index is 11.2. The number of carbonyl (C=O) groups is 2. The zero-order valence-corrected chi connectivity index (χ0v) is 22.2. The number of halogens is 1. The van der Waals surface area contributed by atoms with E-state index in [9.17, 15) is 9.59 Å². The first-order valence-electron chi connectivity index (χ1n) is 12.9. The lowest BCUT2D eigenvalue weighted by Gasteiger charge is -2.09. The van der Waals surface area contributed by atoms with Crippen molar-refractivity contribution in [3.05, 3.63) is 41.4 Å². The molecule has 0 aliphatic heterocycles. The standard InChI is InChI=1S/C18H34O2.C10H12ClNO2/c1-2-3-4-5-6-7-8-9-10-11-12-13-14-15-16-17-18(19)20;1-7(2)14-10(13)12-9-5-3-4-8(11)6-9/h9-10H,2-8,11-17H2,1H3,(H,19,20);3-7H,1-2H3,(H,12,13)/b10-9-;. The topological polar surface area (TPSA) is 75.6 Å². The molecule has 1 rings (SSSR count). The van der Waals surface area contributed by atoms with E-state index in [4.69, 9.17) is 21.4 Å². The van der Waals surface area contributed by atoms with Gasteiger partial charge in [0.25, 0.3) is 0 Å². The summed E-state index contributed by atoms with van der Waals surface area (Å²) in [5, 5.41) is 11.7. The Morgan fingerprint density at radius 3 is 2.03 bits per heavy atom. The molecule has 1 amide bonds. The number of hydrogen-bond donors (Lipinski definition) is 2. The van der Waals surface area contributed by atoms with E-state index < -0.39 is 12.1 Å². The van der Waals surface area contributed by atoms with Crippen molar-refractivity contribution < 1.29 is 19.4 Å². The summed E-state index contributed by atoms with van der Waals surface area (Å²) in [6, 6.07) is 6.89. The van der Waals surface area contributed by atoms with Crippen molar-refractivity contribution >= 4 is 29.4 Å². The minimum Gasteiger partial charge on any atom is -0.481 e. The molecule has 1 aromatic rings. The van der Waals surface area contributed by atoms with Gasteiger partial charge < -0.3 is 9.84 Å². The van der Waals surface area contributed by atoms with E-state index >= 15 is 0 Å². The van der Waals surface area contributed by atoms with Crippen molar-refractivity contribution in [3.8, 4) is 0 Å². The molecule has 0 spiro atoms. The fourth-order valence-electron chi connectivity index (χ4n) is 3.27. The van der Waals surface area contributed by atoms with Gasteiger partial charge in [-0.2, -0.15) is 0 Å². The second-order valence-corrected chi connectivity index (χ2v) is 9.25. The van der Waals surface area contributed by atoms with Crippen molar-refractivity contribution in [2.45, 2.75) is 117 Å². The molecule has 1 aromatic carbocycles. The molecular formula is C28H46ClNO4. The minimum atomic E-state index is -0.664. The molecule has 194 valence electrons. The van der Waals surface area contributed by atoms with Gasteiger partial charge in [0.1, 0.15) is 0 Å². The van der Waals surface area contributed by atoms with Gasteiger partial charge in [0.15, 0.2) is 0 Å². The highest BCUT2D eigenvalue weighted by Gasteiger charge is 2.05. The molecule has 0 aliphatic rings. The lowest BCUT2D eigenvalue weighted by atomic mass is 10.1. The molecule has 0 unspecified atom stereocenters. The predicted octanol–water partition coefficient (Wildman–Crippen LogP) is 9.41. The van der Waals surface area contributed by atoms with Crippen LogP contribution in [0.4, 0.5) is 10.5 Å². The average Bonchev–Trinajstić information content (AvgIpc) is 2.76. The predicted molar refractivity (Wildman–Crippen MR) is 144 cm³/mol. The van der Waals surface area contributed by atoms with Crippen LogP contribution in [0.15, 0.2) is 36.4 Å². The van der Waals surface area contributed by atoms with E-state index in [1.165, 1.54) is 70.6 Å². The quantitative estimate of drug-likeness (QED) is 0.166. The van der Waals surface area contributed by atoms with Crippen LogP contribution in [0.2, 0.25) is 5.02 Å². The van der Waals surface area contributed by atoms with Crippen LogP contribution in [-0.2, 0) is 9.53 Å². The molecular weight excluding hydrogens is 450 g/mol. The third kappa shape index (κ3) is 23.2. The number of amides is 1. The third-order valence-corrected chi connectivity index (χ3v) is 5.30. The maximum absolute atomic E-state index is 11.2. The van der Waals surface area contributed by atoms with Crippen LogP contribution in [0.3, 0.4) is 0 Å². The Morgan fingerprint density at radius 2 is 1.50 bits per heavy atom. The minimum absolute atomic E-state index is 0.130. The summed E-state index contributed by atoms with van der Waals surface area (Å²) in [5.74, 6) is -0.664. The van der Waals surface area contributed by atoms with Crippen LogP contribution in [0.25, 0.3) is 0 Å². The number of carboxylic acids is 1. The number of nitrogens with one attached hydrogen (secondary N) is 1. The molecule has 2 N–H and O–H groups in total. The Balaban J connectivity index is 0.000000679. The Morgan fingerprint density at radius 1 is 0.941 bits per heavy atom. The molecule has 0 saturated carbocycles. The van der Waals surface area contributed by atoms with Crippen molar-refractivity contribution in [1.82, 2.24) is 0 Å². The lowest BCUT2D eigenvalue weighted by molar-refractivity contribution is -0.137. The van der Waals surface area contributed by atoms with Crippen LogP contribution < -0.4 is 5.32 Å². The first-order chi connectivity index (χ1) is 16.3. The van der Waals surface area contributed by atoms with E-state index in [1.807, 2.05) is 0 Å². The molecule has 34 heavy (non-hydrogen) atoms. The van der Waals surface area contributed by atoms with Crippen LogP contribution in [-0.4, -0.2) is 23.3 Å². The molecule has 6 heteroatoms. The Kier molecular flexibility index (Phi) is 21.4. The number of ether oxygens (including phenoxy) is 1. The van der Waals surface area contributed by atoms with E-state index in [0.717, 1.165) is 12.8 Å². The Hall–Kier alpha value is -2.01. The van der Waals surface area contributed by atoms with Gasteiger partial charge in [0, 0.05) is 17.1 Å². The molecule has 0 heterocycles. The molecule has 0 aromatic heterocycles. The smallest absolute Gasteiger partial charge is 0.411 e. The monoisotopic (exact) mass is 495 g/mol. The largest absolute Gasteiger partial charge is 0.481 e. The van der Waals surface area contributed by atoms with E-state index in [1.54, 1.807) is 38.1 Å². The van der Waals surface area contributed by atoms with Crippen LogP contribution >= 0.6 is 11.6 Å². The van der Waals surface area contributed by atoms with Crippen LogP contribution in [0.5, 0.6) is 0 Å². The second kappa shape index (κ2) is 22.8. The van der Waals surface area contributed by atoms with Crippen molar-refractivity contribution in [2.75, 3.05) is 5.32 Å². The Labute approximate surface area is 212 Å². The fraction of sp³-hybridized carbons (Fsp3) is 0.643. The highest BCUT2D eigenvalue weighted by atomic mass is 35.5. The van der Waals surface area contributed by atoms with Gasteiger partial charge in [-0.25, -0.2) is 4.79 Å². The third-order valence-electron chi connectivity index (χ3n) is 5.07. The molecule has 0 saturated heterocycles. The van der Waals surface area contributed by atoms with Crippen molar-refractivity contribution in [1.29, 1.82) is 0 Å². The van der Waals surface area contributed by atoms with Gasteiger partial charge in [0.05, 0.1) is 6.10 Å². The number of aliphatic carboxylic acids is 1. The molecule has 0 bridgehead atoms. The van der Waals surface area contributed by atoms with Gasteiger partial charge in [-0.1, -0.05) is 88.1 Å². The number of anilines is 1. The zero-order chi connectivity index (χ0) is 25.4. The fourth-order valence-corrected chi connectivity index (χ4v) is 3.46. The van der Waals surface area contributed by atoms with Gasteiger partial charge in [0.2, 0.25) is 0 Å². The molecule has 0 radical (unpaired) electrons. The van der Waals surface area contributed by atoms with Crippen molar-refractivity contribution in [3.63, 3.8) is 0 Å². The summed E-state index contributed by atoms with van der Waals surface area (Å²) in [6.07, 6.45) is 20.6. The first kappa shape index (κ1) is 32.0. The van der Waals surface area contributed by atoms with Gasteiger partial charge in [-0.15, -0.1) is 0 Å². The number of carboxylic acid groups (broad SMARTS) is 1.